The number of β-lactam (4-membered cyclic amide) rings is 1. The molecule has 1 atom stereocenters. The molecule has 17 heteroatoms. The molecule has 2 aliphatic heterocycles. The Bertz CT molecular complexity index is 1670. The van der Waals surface area contributed by atoms with Crippen molar-refractivity contribution in [3.63, 3.8) is 0 Å². The quantitative estimate of drug-likeness (QED) is 0.0690. The van der Waals surface area contributed by atoms with Gasteiger partial charge in [0.2, 0.25) is 0 Å². The number of benzene rings is 1. The number of amides is 1. The van der Waals surface area contributed by atoms with Crippen LogP contribution in [0.4, 0.5) is 10.9 Å². The zero-order valence-electron chi connectivity index (χ0n) is 24.1. The van der Waals surface area contributed by atoms with Gasteiger partial charge >= 0.3 is 10.4 Å². The fraction of sp³-hybridized carbons (Fsp3) is 0.444. The van der Waals surface area contributed by atoms with Gasteiger partial charge < -0.3 is 25.9 Å². The number of carbonyl (C=O) groups is 2. The summed E-state index contributed by atoms with van der Waals surface area (Å²) in [4.78, 5) is 39.8. The summed E-state index contributed by atoms with van der Waals surface area (Å²) in [5.74, 6) is -0.849. The number of piperidine rings is 1. The van der Waals surface area contributed by atoms with E-state index in [2.05, 4.69) is 30.0 Å². The maximum Gasteiger partial charge on any atom is 0.418 e. The first-order valence-electron chi connectivity index (χ1n) is 13.9. The van der Waals surface area contributed by atoms with Crippen LogP contribution in [0.1, 0.15) is 38.8 Å². The van der Waals surface area contributed by atoms with Crippen LogP contribution >= 0.6 is 11.3 Å². The smallest absolute Gasteiger partial charge is 0.418 e. The summed E-state index contributed by atoms with van der Waals surface area (Å²) < 4.78 is 41.3. The van der Waals surface area contributed by atoms with E-state index in [4.69, 9.17) is 19.9 Å². The molecule has 0 radical (unpaired) electrons. The number of aromatic nitrogens is 2. The number of nitrogens with zero attached hydrogens (tertiary/aromatic N) is 4. The third-order valence-electron chi connectivity index (χ3n) is 7.48. The molecule has 5 N–H and O–H groups in total. The van der Waals surface area contributed by atoms with Crippen molar-refractivity contribution in [1.29, 1.82) is 0 Å². The summed E-state index contributed by atoms with van der Waals surface area (Å²) in [5, 5.41) is 15.1. The molecule has 1 amide bonds. The molecule has 44 heavy (non-hydrogen) atoms. The van der Waals surface area contributed by atoms with E-state index in [1.54, 1.807) is 6.20 Å². The fourth-order valence-electron chi connectivity index (χ4n) is 5.11. The largest absolute Gasteiger partial charge is 0.490 e. The Hall–Kier alpha value is -3.90. The maximum absolute atomic E-state index is 13.2. The Morgan fingerprint density at radius 1 is 1.27 bits per heavy atom. The molecule has 2 aromatic heterocycles. The normalized spacial score (nSPS) is 19.1. The third-order valence-corrected chi connectivity index (χ3v) is 8.49. The predicted molar refractivity (Wildman–Crippen MR) is 162 cm³/mol. The first-order valence-corrected chi connectivity index (χ1v) is 16.1. The van der Waals surface area contributed by atoms with Crippen molar-refractivity contribution in [3.8, 4) is 5.75 Å². The molecule has 4 heterocycles. The molecule has 3 aromatic rings. The van der Waals surface area contributed by atoms with Crippen molar-refractivity contribution in [2.24, 2.45) is 11.1 Å². The number of anilines is 2. The van der Waals surface area contributed by atoms with Crippen LogP contribution in [0.15, 0.2) is 41.0 Å². The van der Waals surface area contributed by atoms with E-state index in [9.17, 15) is 18.0 Å². The first kappa shape index (κ1) is 31.5. The number of hydrogen-bond donors (Lipinski definition) is 4. The lowest BCUT2D eigenvalue weighted by Gasteiger charge is -2.50. The van der Waals surface area contributed by atoms with Gasteiger partial charge in [0.15, 0.2) is 23.2 Å². The molecule has 5 rings (SSSR count). The lowest BCUT2D eigenvalue weighted by atomic mass is 9.74. The Balaban J connectivity index is 1.19. The second-order valence-electron chi connectivity index (χ2n) is 10.9. The number of rotatable bonds is 13. The van der Waals surface area contributed by atoms with Gasteiger partial charge in [0.1, 0.15) is 23.9 Å². The molecule has 236 valence electrons. The van der Waals surface area contributed by atoms with Crippen LogP contribution in [0.2, 0.25) is 0 Å². The van der Waals surface area contributed by atoms with E-state index in [1.165, 1.54) is 19.2 Å². The average molecular weight is 648 g/mol. The number of carbonyl (C=O) groups excluding carboxylic acids is 2. The molecular weight excluding hydrogens is 614 g/mol. The van der Waals surface area contributed by atoms with Gasteiger partial charge in [-0.05, 0) is 69.4 Å². The summed E-state index contributed by atoms with van der Waals surface area (Å²) >= 11 is 1.10. The highest BCUT2D eigenvalue weighted by molar-refractivity contribution is 7.80. The number of ketones is 1. The van der Waals surface area contributed by atoms with E-state index < -0.39 is 33.5 Å². The SMILES string of the molecule is CC1(C)C(CC(=O)/C(=N\OCCOc2ccc3c(NC4CCNCC4)nccc3c2)c2csc(N)n2)C(=O)N1OS(=O)(=O)O. The number of oxime groups is 1. The Kier molecular flexibility index (Phi) is 9.31. The number of hydroxylamine groups is 2. The van der Waals surface area contributed by atoms with Gasteiger partial charge in [-0.1, -0.05) is 5.16 Å². The predicted octanol–water partition coefficient (Wildman–Crippen LogP) is 2.17. The highest BCUT2D eigenvalue weighted by Crippen LogP contribution is 2.40. The minimum absolute atomic E-state index is 0.00285. The number of thiazole rings is 1. The standard InChI is InChI=1S/C27H33N7O8S2/c1-27(2)20(25(36)34(27)42-44(37,38)39)14-22(35)23(21-15-43-26(28)32-21)33-41-12-11-40-18-3-4-19-16(13-18)5-10-30-24(19)31-17-6-8-29-9-7-17/h3-5,10,13,15,17,20,29H,6-9,11-12,14H2,1-2H3,(H2,28,32)(H,30,31)(H,37,38,39)/b33-23-. The number of hydrogen-bond acceptors (Lipinski definition) is 14. The van der Waals surface area contributed by atoms with Crippen LogP contribution in [0.5, 0.6) is 5.75 Å². The van der Waals surface area contributed by atoms with Crippen LogP contribution < -0.4 is 21.1 Å². The molecule has 15 nitrogen and oxygen atoms in total. The van der Waals surface area contributed by atoms with Gasteiger partial charge in [-0.25, -0.2) is 9.97 Å². The molecule has 2 aliphatic rings. The number of Topliss-reactive ketones (excluding diaryl/α,β-unsaturated/α-hetero) is 1. The molecule has 0 aliphatic carbocycles. The Morgan fingerprint density at radius 2 is 2.05 bits per heavy atom. The van der Waals surface area contributed by atoms with E-state index >= 15 is 0 Å². The van der Waals surface area contributed by atoms with Gasteiger partial charge in [-0.15, -0.1) is 15.6 Å². The molecule has 0 spiro atoms. The molecule has 2 saturated heterocycles. The number of nitrogens with one attached hydrogen (secondary N) is 2. The minimum atomic E-state index is -4.92. The second kappa shape index (κ2) is 13.0. The van der Waals surface area contributed by atoms with Crippen molar-refractivity contribution in [3.05, 3.63) is 41.5 Å². The van der Waals surface area contributed by atoms with E-state index in [-0.39, 0.29) is 36.2 Å². The zero-order valence-corrected chi connectivity index (χ0v) is 25.7. The number of pyridine rings is 1. The van der Waals surface area contributed by atoms with Crippen molar-refractivity contribution in [1.82, 2.24) is 20.3 Å². The molecule has 0 bridgehead atoms. The van der Waals surface area contributed by atoms with Crippen LogP contribution in [0, 0.1) is 5.92 Å². The van der Waals surface area contributed by atoms with Crippen LogP contribution in [-0.4, -0.2) is 83.3 Å². The van der Waals surface area contributed by atoms with Gasteiger partial charge in [0.05, 0.1) is 11.5 Å². The summed E-state index contributed by atoms with van der Waals surface area (Å²) in [6.45, 7) is 5.07. The first-order chi connectivity index (χ1) is 20.9. The summed E-state index contributed by atoms with van der Waals surface area (Å²) in [6.07, 6.45) is 3.49. The lowest BCUT2D eigenvalue weighted by Crippen LogP contribution is -2.68. The second-order valence-corrected chi connectivity index (χ2v) is 12.8. The lowest BCUT2D eigenvalue weighted by molar-refractivity contribution is -0.228. The monoisotopic (exact) mass is 647 g/mol. The minimum Gasteiger partial charge on any atom is -0.490 e. The van der Waals surface area contributed by atoms with Crippen molar-refractivity contribution in [2.75, 3.05) is 37.4 Å². The number of nitrogen functional groups attached to an aromatic ring is 1. The number of ether oxygens (including phenoxy) is 1. The van der Waals surface area contributed by atoms with E-state index in [0.29, 0.717) is 16.9 Å². The molecule has 1 aromatic carbocycles. The van der Waals surface area contributed by atoms with Crippen molar-refractivity contribution in [2.45, 2.75) is 44.7 Å². The molecule has 2 fully saturated rings. The number of fused-ring (bicyclic) bond motifs is 1. The highest BCUT2D eigenvalue weighted by Gasteiger charge is 2.57. The fourth-order valence-corrected chi connectivity index (χ4v) is 6.12. The number of nitrogens with two attached hydrogens (primary N) is 1. The maximum atomic E-state index is 13.2. The van der Waals surface area contributed by atoms with Crippen molar-refractivity contribution >= 4 is 60.9 Å². The summed E-state index contributed by atoms with van der Waals surface area (Å²) in [5.41, 5.74) is 4.56. The van der Waals surface area contributed by atoms with Gasteiger partial charge in [0, 0.05) is 29.4 Å². The Morgan fingerprint density at radius 3 is 2.73 bits per heavy atom. The van der Waals surface area contributed by atoms with Crippen molar-refractivity contribution < 1.29 is 36.4 Å². The zero-order chi connectivity index (χ0) is 31.5. The van der Waals surface area contributed by atoms with E-state index in [1.807, 2.05) is 24.3 Å². The Labute approximate surface area is 257 Å². The molecule has 1 unspecified atom stereocenters. The highest BCUT2D eigenvalue weighted by atomic mass is 32.3. The van der Waals surface area contributed by atoms with Gasteiger partial charge in [-0.2, -0.15) is 13.5 Å². The van der Waals surface area contributed by atoms with Gasteiger partial charge in [-0.3, -0.25) is 14.1 Å². The molecule has 0 saturated carbocycles. The van der Waals surface area contributed by atoms with E-state index in [0.717, 1.165) is 53.9 Å². The third kappa shape index (κ3) is 7.24. The van der Waals surface area contributed by atoms with Crippen LogP contribution in [0.3, 0.4) is 0 Å². The van der Waals surface area contributed by atoms with Gasteiger partial charge in [0.25, 0.3) is 5.91 Å². The summed E-state index contributed by atoms with van der Waals surface area (Å²) in [7, 11) is -4.92. The average Bonchev–Trinajstić information content (AvgIpc) is 3.42. The van der Waals surface area contributed by atoms with Crippen LogP contribution in [-0.2, 0) is 29.1 Å². The summed E-state index contributed by atoms with van der Waals surface area (Å²) in [6, 6.07) is 7.99. The topological polar surface area (TPSA) is 208 Å². The van der Waals surface area contributed by atoms with Crippen LogP contribution in [0.25, 0.3) is 10.8 Å². The molecular formula is C27H33N7O8S2.